The van der Waals surface area contributed by atoms with E-state index >= 15 is 0 Å². The van der Waals surface area contributed by atoms with Crippen molar-refractivity contribution in [3.63, 3.8) is 0 Å². The molecule has 0 amide bonds. The van der Waals surface area contributed by atoms with E-state index in [-0.39, 0.29) is 6.67 Å². The summed E-state index contributed by atoms with van der Waals surface area (Å²) in [6.07, 6.45) is 1.83. The molecule has 0 spiro atoms. The lowest BCUT2D eigenvalue weighted by Gasteiger charge is -2.20. The van der Waals surface area contributed by atoms with Crippen molar-refractivity contribution in [2.75, 3.05) is 23.4 Å². The third-order valence-corrected chi connectivity index (χ3v) is 10.3. The minimum Gasteiger partial charge on any atom is -0.457 e. The fourth-order valence-electron chi connectivity index (χ4n) is 8.18. The predicted octanol–water partition coefficient (Wildman–Crippen LogP) is 10.6. The number of anilines is 3. The summed E-state index contributed by atoms with van der Waals surface area (Å²) in [7, 11) is 0. The van der Waals surface area contributed by atoms with E-state index in [0.717, 1.165) is 76.9 Å². The molecule has 6 aromatic carbocycles. The number of ether oxygens (including phenoxy) is 1. The number of nitrogens with zero attached hydrogens (tertiary/aromatic N) is 6. The smallest absolute Gasteiger partial charge is 0.145 e. The van der Waals surface area contributed by atoms with Crippen LogP contribution in [0.5, 0.6) is 11.5 Å². The molecule has 7 nitrogen and oxygen atoms in total. The van der Waals surface area contributed by atoms with Crippen molar-refractivity contribution in [3.05, 3.63) is 145 Å². The van der Waals surface area contributed by atoms with Gasteiger partial charge in [-0.1, -0.05) is 54.6 Å². The summed E-state index contributed by atoms with van der Waals surface area (Å²) in [6, 6.07) is 46.7. The lowest BCUT2D eigenvalue weighted by atomic mass is 10.1. The third kappa shape index (κ3) is 3.84. The maximum atomic E-state index is 10.3. The van der Waals surface area contributed by atoms with Crippen LogP contribution in [0.1, 0.15) is 9.68 Å². The summed E-state index contributed by atoms with van der Waals surface area (Å²) in [5.41, 5.74) is 8.56. The molecule has 1 aliphatic rings. The molecule has 0 fully saturated rings. The highest BCUT2D eigenvalue weighted by Crippen LogP contribution is 2.43. The first-order valence-electron chi connectivity index (χ1n) is 18.3. The number of nitriles is 1. The molecule has 0 N–H and O–H groups in total. The van der Waals surface area contributed by atoms with Crippen LogP contribution in [0.4, 0.5) is 17.1 Å². The normalized spacial score (nSPS) is 14.1. The molecule has 11 rings (SSSR count). The number of aromatic nitrogens is 3. The van der Waals surface area contributed by atoms with Crippen LogP contribution >= 0.6 is 0 Å². The van der Waals surface area contributed by atoms with Crippen LogP contribution in [0, 0.1) is 11.3 Å². The van der Waals surface area contributed by atoms with Gasteiger partial charge in [-0.25, -0.2) is 4.98 Å². The first kappa shape index (κ1) is 25.0. The average Bonchev–Trinajstić information content (AvgIpc) is 3.85. The van der Waals surface area contributed by atoms with Gasteiger partial charge in [-0.05, 0) is 66.7 Å². The highest BCUT2D eigenvalue weighted by atomic mass is 16.5. The van der Waals surface area contributed by atoms with Crippen LogP contribution in [0.15, 0.2) is 140 Å². The number of hydrogen-bond acceptors (Lipinski definition) is 5. The second-order valence-corrected chi connectivity index (χ2v) is 13.0. The summed E-state index contributed by atoms with van der Waals surface area (Å²) >= 11 is 0. The number of rotatable bonds is 3. The van der Waals surface area contributed by atoms with Crippen LogP contribution < -0.4 is 14.5 Å². The molecule has 0 saturated heterocycles. The molecule has 0 atom stereocenters. The Morgan fingerprint density at radius 1 is 0.627 bits per heavy atom. The molecule has 7 heteroatoms. The predicted molar refractivity (Wildman–Crippen MR) is 207 cm³/mol. The molecule has 0 bridgehead atoms. The van der Waals surface area contributed by atoms with E-state index < -0.39 is 6.98 Å². The standard InChI is InChI=1S/C44H28N6O/c1-47-26-48(39-17-5-4-16-38(39)47)28-9-6-10-29(23-28)51-30-18-19-32-36-21-27(25-45)22-41-43(36)50(40(32)24-30)44-35(14-8-20-46-44)34-13-7-12-33-31-11-2-3-15-37(31)49(41)42(33)34/h2-24H,26H2,1H3/i1D3. The third-order valence-electron chi connectivity index (χ3n) is 10.3. The van der Waals surface area contributed by atoms with Crippen LogP contribution in [0.2, 0.25) is 0 Å². The zero-order valence-electron chi connectivity index (χ0n) is 30.1. The molecular formula is C44H28N6O. The Bertz CT molecular complexity index is 3270. The first-order valence-corrected chi connectivity index (χ1v) is 16.8. The van der Waals surface area contributed by atoms with Gasteiger partial charge in [0.1, 0.15) is 17.1 Å². The summed E-state index contributed by atoms with van der Waals surface area (Å²) in [6.45, 7) is -2.09. The Morgan fingerprint density at radius 2 is 1.39 bits per heavy atom. The number of benzene rings is 6. The van der Waals surface area contributed by atoms with Gasteiger partial charge in [0.25, 0.3) is 0 Å². The van der Waals surface area contributed by atoms with Gasteiger partial charge >= 0.3 is 0 Å². The van der Waals surface area contributed by atoms with Crippen LogP contribution in [0.25, 0.3) is 65.5 Å². The van der Waals surface area contributed by atoms with E-state index in [1.807, 2.05) is 90.0 Å². The molecule has 0 radical (unpaired) electrons. The van der Waals surface area contributed by atoms with Crippen LogP contribution in [0.3, 0.4) is 0 Å². The largest absolute Gasteiger partial charge is 0.457 e. The lowest BCUT2D eigenvalue weighted by molar-refractivity contribution is 0.483. The van der Waals surface area contributed by atoms with Crippen molar-refractivity contribution in [2.24, 2.45) is 0 Å². The van der Waals surface area contributed by atoms with Crippen molar-refractivity contribution >= 4 is 82.6 Å². The van der Waals surface area contributed by atoms with E-state index in [1.54, 1.807) is 0 Å². The van der Waals surface area contributed by atoms with Gasteiger partial charge in [0.2, 0.25) is 0 Å². The summed E-state index contributed by atoms with van der Waals surface area (Å²) in [5.74, 6) is 1.24. The molecule has 10 aromatic rings. The fraction of sp³-hybridized carbons (Fsp3) is 0.0455. The van der Waals surface area contributed by atoms with E-state index in [4.69, 9.17) is 13.8 Å². The number of pyridine rings is 1. The minimum absolute atomic E-state index is 0.191. The fourth-order valence-corrected chi connectivity index (χ4v) is 8.18. The van der Waals surface area contributed by atoms with E-state index in [9.17, 15) is 5.26 Å². The Morgan fingerprint density at radius 3 is 2.29 bits per heavy atom. The molecule has 1 aliphatic heterocycles. The van der Waals surface area contributed by atoms with Crippen molar-refractivity contribution < 1.29 is 8.85 Å². The molecule has 4 aromatic heterocycles. The van der Waals surface area contributed by atoms with E-state index in [2.05, 4.69) is 69.5 Å². The zero-order chi connectivity index (χ0) is 36.3. The number of para-hydroxylation sites is 4. The molecule has 5 heterocycles. The Balaban J connectivity index is 1.15. The van der Waals surface area contributed by atoms with Gasteiger partial charge in [0.05, 0.1) is 57.3 Å². The summed E-state index contributed by atoms with van der Waals surface area (Å²) < 4.78 is 35.5. The molecule has 0 aliphatic carbocycles. The molecule has 0 saturated carbocycles. The second-order valence-electron chi connectivity index (χ2n) is 13.0. The maximum Gasteiger partial charge on any atom is 0.145 e. The van der Waals surface area contributed by atoms with Gasteiger partial charge in [0.15, 0.2) is 0 Å². The highest BCUT2D eigenvalue weighted by Gasteiger charge is 2.25. The van der Waals surface area contributed by atoms with Gasteiger partial charge in [-0.3, -0.25) is 4.40 Å². The average molecular weight is 660 g/mol. The highest BCUT2D eigenvalue weighted by molar-refractivity contribution is 6.23. The van der Waals surface area contributed by atoms with Crippen molar-refractivity contribution in [3.8, 4) is 17.6 Å². The summed E-state index contributed by atoms with van der Waals surface area (Å²) in [4.78, 5) is 8.46. The molecule has 51 heavy (non-hydrogen) atoms. The number of fused-ring (bicyclic) bond motifs is 11. The SMILES string of the molecule is [2H]C([2H])([2H])N1CN(c2cccc(Oc3ccc4c5cc(C#N)cc6c5n(c4c3)c3ncccc3c3cccc4c5ccccc5n6c43)c2)c2ccccc21. The van der Waals surface area contributed by atoms with E-state index in [0.29, 0.717) is 22.7 Å². The van der Waals surface area contributed by atoms with Crippen LogP contribution in [-0.2, 0) is 0 Å². The van der Waals surface area contributed by atoms with Gasteiger partial charge in [0, 0.05) is 67.4 Å². The molecule has 0 unspecified atom stereocenters. The number of hydrogen-bond donors (Lipinski definition) is 0. The maximum absolute atomic E-state index is 10.3. The zero-order valence-corrected chi connectivity index (χ0v) is 27.1. The van der Waals surface area contributed by atoms with Crippen molar-refractivity contribution in [1.29, 1.82) is 5.26 Å². The minimum atomic E-state index is -2.28. The topological polar surface area (TPSA) is 61.2 Å². The van der Waals surface area contributed by atoms with Gasteiger partial charge in [-0.15, -0.1) is 0 Å². The lowest BCUT2D eigenvalue weighted by Crippen LogP contribution is -2.23. The Hall–Kier alpha value is -7.04. The Labute approximate surface area is 296 Å². The Kier molecular flexibility index (Phi) is 5.02. The second kappa shape index (κ2) is 10.2. The van der Waals surface area contributed by atoms with Gasteiger partial charge < -0.3 is 18.9 Å². The quantitative estimate of drug-likeness (QED) is 0.189. The van der Waals surface area contributed by atoms with Crippen LogP contribution in [-0.4, -0.2) is 27.4 Å². The van der Waals surface area contributed by atoms with Crippen molar-refractivity contribution in [1.82, 2.24) is 13.8 Å². The molecule has 240 valence electrons. The monoisotopic (exact) mass is 659 g/mol. The van der Waals surface area contributed by atoms with Crippen molar-refractivity contribution in [2.45, 2.75) is 0 Å². The molecular weight excluding hydrogens is 629 g/mol. The van der Waals surface area contributed by atoms with E-state index in [1.165, 1.54) is 4.90 Å². The van der Waals surface area contributed by atoms with Gasteiger partial charge in [-0.2, -0.15) is 5.26 Å². The summed E-state index contributed by atoms with van der Waals surface area (Å²) in [5, 5.41) is 16.6. The first-order chi connectivity index (χ1) is 26.4.